The van der Waals surface area contributed by atoms with Crippen molar-refractivity contribution in [2.75, 3.05) is 13.1 Å². The van der Waals surface area contributed by atoms with Crippen molar-refractivity contribution < 1.29 is 9.15 Å². The number of aryl methyl sites for hydroxylation is 2. The van der Waals surface area contributed by atoms with E-state index < -0.39 is 0 Å². The maximum Gasteiger partial charge on any atom is 0.216 e. The quantitative estimate of drug-likeness (QED) is 0.533. The molecule has 0 aliphatic heterocycles. The average molecular weight is 385 g/mol. The summed E-state index contributed by atoms with van der Waals surface area (Å²) in [6, 6.07) is 8.46. The van der Waals surface area contributed by atoms with Gasteiger partial charge < -0.3 is 19.8 Å². The molecule has 1 aliphatic carbocycles. The van der Waals surface area contributed by atoms with Gasteiger partial charge in [-0.25, -0.2) is 9.98 Å². The molecule has 1 aliphatic rings. The molecule has 1 aromatic carbocycles. The highest BCUT2D eigenvalue weighted by atomic mass is 16.5. The molecule has 6 nitrogen and oxygen atoms in total. The first-order chi connectivity index (χ1) is 13.6. The number of rotatable bonds is 8. The fourth-order valence-electron chi connectivity index (χ4n) is 3.35. The van der Waals surface area contributed by atoms with Crippen molar-refractivity contribution in [3.05, 3.63) is 47.2 Å². The molecule has 3 rings (SSSR count). The molecule has 0 bridgehead atoms. The van der Waals surface area contributed by atoms with Crippen molar-refractivity contribution in [1.82, 2.24) is 15.6 Å². The van der Waals surface area contributed by atoms with Crippen LogP contribution in [0.3, 0.4) is 0 Å². The lowest BCUT2D eigenvalue weighted by molar-refractivity contribution is 0.210. The molecule has 1 saturated carbocycles. The monoisotopic (exact) mass is 384 g/mol. The zero-order valence-corrected chi connectivity index (χ0v) is 17.3. The van der Waals surface area contributed by atoms with Crippen molar-refractivity contribution in [1.29, 1.82) is 0 Å². The summed E-state index contributed by atoms with van der Waals surface area (Å²) in [5, 5.41) is 6.63. The van der Waals surface area contributed by atoms with Gasteiger partial charge in [-0.3, -0.25) is 0 Å². The average Bonchev–Trinajstić information content (AvgIpc) is 3.31. The smallest absolute Gasteiger partial charge is 0.216 e. The van der Waals surface area contributed by atoms with Gasteiger partial charge in [0.1, 0.15) is 18.1 Å². The van der Waals surface area contributed by atoms with Crippen molar-refractivity contribution in [3.8, 4) is 5.75 Å². The molecule has 0 atom stereocenters. The second-order valence-electron chi connectivity index (χ2n) is 7.29. The Labute approximate surface area is 167 Å². The lowest BCUT2D eigenvalue weighted by Gasteiger charge is -2.14. The number of oxazole rings is 1. The Morgan fingerprint density at radius 1 is 1.18 bits per heavy atom. The molecule has 0 spiro atoms. The van der Waals surface area contributed by atoms with Crippen LogP contribution in [0.4, 0.5) is 0 Å². The zero-order valence-electron chi connectivity index (χ0n) is 17.3. The van der Waals surface area contributed by atoms with E-state index in [9.17, 15) is 0 Å². The maximum atomic E-state index is 6.03. The minimum Gasteiger partial charge on any atom is -0.490 e. The highest BCUT2D eigenvalue weighted by Gasteiger charge is 2.16. The Bertz CT molecular complexity index is 742. The van der Waals surface area contributed by atoms with E-state index in [1.165, 1.54) is 31.2 Å². The molecule has 1 heterocycles. The number of hydrogen-bond donors (Lipinski definition) is 2. The fourth-order valence-corrected chi connectivity index (χ4v) is 3.35. The molecular weight excluding hydrogens is 352 g/mol. The first-order valence-electron chi connectivity index (χ1n) is 10.3. The number of nitrogens with zero attached hydrogens (tertiary/aromatic N) is 2. The van der Waals surface area contributed by atoms with Crippen molar-refractivity contribution in [3.63, 3.8) is 0 Å². The normalized spacial score (nSPS) is 15.0. The highest BCUT2D eigenvalue weighted by Crippen LogP contribution is 2.24. The van der Waals surface area contributed by atoms with Gasteiger partial charge in [0.15, 0.2) is 5.96 Å². The van der Waals surface area contributed by atoms with Gasteiger partial charge in [0.2, 0.25) is 5.89 Å². The van der Waals surface area contributed by atoms with Gasteiger partial charge >= 0.3 is 0 Å². The lowest BCUT2D eigenvalue weighted by Crippen LogP contribution is -2.38. The Morgan fingerprint density at radius 2 is 1.93 bits per heavy atom. The third kappa shape index (κ3) is 6.01. The van der Waals surface area contributed by atoms with Crippen LogP contribution in [0, 0.1) is 13.8 Å². The Kier molecular flexibility index (Phi) is 7.34. The van der Waals surface area contributed by atoms with Crippen LogP contribution in [-0.4, -0.2) is 30.1 Å². The van der Waals surface area contributed by atoms with Crippen LogP contribution in [0.25, 0.3) is 0 Å². The van der Waals surface area contributed by atoms with Crippen LogP contribution in [0.1, 0.15) is 55.5 Å². The maximum absolute atomic E-state index is 6.03. The summed E-state index contributed by atoms with van der Waals surface area (Å²) in [6.45, 7) is 7.96. The van der Waals surface area contributed by atoms with E-state index in [1.807, 2.05) is 13.8 Å². The summed E-state index contributed by atoms with van der Waals surface area (Å²) in [5.41, 5.74) is 2.20. The second kappa shape index (κ2) is 10.2. The second-order valence-corrected chi connectivity index (χ2v) is 7.29. The number of hydrogen-bond acceptors (Lipinski definition) is 4. The van der Waals surface area contributed by atoms with Crippen molar-refractivity contribution >= 4 is 5.96 Å². The van der Waals surface area contributed by atoms with Crippen molar-refractivity contribution in [2.45, 2.75) is 65.5 Å². The Morgan fingerprint density at radius 3 is 2.57 bits per heavy atom. The first kappa shape index (κ1) is 20.2. The SMILES string of the molecule is CCNC(=NCc1nc(C)c(C)o1)NCCc1ccc(OC2CCCC2)cc1. The van der Waals surface area contributed by atoms with Crippen LogP contribution in [0.5, 0.6) is 5.75 Å². The van der Waals surface area contributed by atoms with Gasteiger partial charge in [0.25, 0.3) is 0 Å². The summed E-state index contributed by atoms with van der Waals surface area (Å²) in [7, 11) is 0. The van der Waals surface area contributed by atoms with E-state index in [2.05, 4.69) is 51.8 Å². The van der Waals surface area contributed by atoms with E-state index in [0.717, 1.165) is 42.7 Å². The molecule has 28 heavy (non-hydrogen) atoms. The molecule has 6 heteroatoms. The standard InChI is InChI=1S/C22H32N4O2/c1-4-23-22(25-15-21-26-16(2)17(3)27-21)24-14-13-18-9-11-20(12-10-18)28-19-7-5-6-8-19/h9-12,19H,4-8,13-15H2,1-3H3,(H2,23,24,25). The van der Waals surface area contributed by atoms with E-state index >= 15 is 0 Å². The molecule has 1 fully saturated rings. The highest BCUT2D eigenvalue weighted by molar-refractivity contribution is 5.79. The summed E-state index contributed by atoms with van der Waals surface area (Å²) in [5.74, 6) is 3.25. The number of aromatic nitrogens is 1. The van der Waals surface area contributed by atoms with Crippen LogP contribution in [0.15, 0.2) is 33.7 Å². The largest absolute Gasteiger partial charge is 0.490 e. The third-order valence-electron chi connectivity index (χ3n) is 5.02. The van der Waals surface area contributed by atoms with Crippen LogP contribution < -0.4 is 15.4 Å². The van der Waals surface area contributed by atoms with Gasteiger partial charge in [0.05, 0.1) is 11.8 Å². The predicted molar refractivity (Wildman–Crippen MR) is 112 cm³/mol. The van der Waals surface area contributed by atoms with Crippen LogP contribution >= 0.6 is 0 Å². The Hall–Kier alpha value is -2.50. The van der Waals surface area contributed by atoms with Gasteiger partial charge in [-0.2, -0.15) is 0 Å². The minimum absolute atomic E-state index is 0.405. The number of ether oxygens (including phenoxy) is 1. The van der Waals surface area contributed by atoms with Gasteiger partial charge in [-0.05, 0) is 70.6 Å². The first-order valence-corrected chi connectivity index (χ1v) is 10.3. The molecule has 0 radical (unpaired) electrons. The van der Waals surface area contributed by atoms with E-state index in [0.29, 0.717) is 18.5 Å². The number of aliphatic imine (C=N–C) groups is 1. The topological polar surface area (TPSA) is 71.7 Å². The molecule has 0 unspecified atom stereocenters. The fraction of sp³-hybridized carbons (Fsp3) is 0.545. The summed E-state index contributed by atoms with van der Waals surface area (Å²) < 4.78 is 11.6. The molecule has 0 saturated heterocycles. The minimum atomic E-state index is 0.405. The van der Waals surface area contributed by atoms with Gasteiger partial charge in [-0.15, -0.1) is 0 Å². The molecule has 1 aromatic heterocycles. The van der Waals surface area contributed by atoms with E-state index in [1.54, 1.807) is 0 Å². The third-order valence-corrected chi connectivity index (χ3v) is 5.02. The van der Waals surface area contributed by atoms with E-state index in [4.69, 9.17) is 9.15 Å². The zero-order chi connectivity index (χ0) is 19.8. The number of guanidine groups is 1. The van der Waals surface area contributed by atoms with Crippen LogP contribution in [0.2, 0.25) is 0 Å². The number of benzene rings is 1. The van der Waals surface area contributed by atoms with E-state index in [-0.39, 0.29) is 0 Å². The predicted octanol–water partition coefficient (Wildman–Crippen LogP) is 3.91. The number of nitrogens with one attached hydrogen (secondary N) is 2. The van der Waals surface area contributed by atoms with Gasteiger partial charge in [0, 0.05) is 13.1 Å². The molecular formula is C22H32N4O2. The summed E-state index contributed by atoms with van der Waals surface area (Å²) in [4.78, 5) is 8.93. The van der Waals surface area contributed by atoms with Crippen molar-refractivity contribution in [2.24, 2.45) is 4.99 Å². The molecule has 0 amide bonds. The Balaban J connectivity index is 1.46. The lowest BCUT2D eigenvalue weighted by atomic mass is 10.1. The molecule has 2 aromatic rings. The van der Waals surface area contributed by atoms with Crippen LogP contribution in [-0.2, 0) is 13.0 Å². The van der Waals surface area contributed by atoms with Gasteiger partial charge in [-0.1, -0.05) is 12.1 Å². The molecule has 152 valence electrons. The summed E-state index contributed by atoms with van der Waals surface area (Å²) >= 11 is 0. The molecule has 2 N–H and O–H groups in total. The summed E-state index contributed by atoms with van der Waals surface area (Å²) in [6.07, 6.45) is 6.28.